The van der Waals surface area contributed by atoms with Gasteiger partial charge in [0.25, 0.3) is 0 Å². The molecule has 1 amide bonds. The second kappa shape index (κ2) is 10.9. The van der Waals surface area contributed by atoms with Crippen LogP contribution < -0.4 is 9.46 Å². The van der Waals surface area contributed by atoms with Crippen molar-refractivity contribution < 1.29 is 35.9 Å². The number of hydrogen-bond donors (Lipinski definition) is 1. The maximum atomic E-state index is 13.2. The van der Waals surface area contributed by atoms with E-state index in [0.717, 1.165) is 24.3 Å². The van der Waals surface area contributed by atoms with Crippen molar-refractivity contribution in [1.82, 2.24) is 9.62 Å². The van der Waals surface area contributed by atoms with Gasteiger partial charge in [-0.2, -0.15) is 0 Å². The summed E-state index contributed by atoms with van der Waals surface area (Å²) in [7, 11) is -4.11. The Bertz CT molecular complexity index is 1140. The Kier molecular flexibility index (Phi) is 8.47. The molecule has 12 heteroatoms. The molecule has 2 aromatic carbocycles. The maximum absolute atomic E-state index is 13.2. The number of amides is 1. The summed E-state index contributed by atoms with van der Waals surface area (Å²) in [5.74, 6) is -0.683. The van der Waals surface area contributed by atoms with Crippen LogP contribution in [0.1, 0.15) is 45.2 Å². The lowest BCUT2D eigenvalue weighted by Gasteiger charge is -2.37. The van der Waals surface area contributed by atoms with Crippen LogP contribution in [0.15, 0.2) is 53.4 Å². The molecule has 3 rings (SSSR count). The first-order valence-corrected chi connectivity index (χ1v) is 13.1. The van der Waals surface area contributed by atoms with Crippen LogP contribution in [0.3, 0.4) is 0 Å². The monoisotopic (exact) mass is 548 g/mol. The molecule has 1 fully saturated rings. The van der Waals surface area contributed by atoms with Gasteiger partial charge in [-0.1, -0.05) is 23.7 Å². The number of rotatable bonds is 6. The molecule has 0 unspecified atom stereocenters. The van der Waals surface area contributed by atoms with Crippen molar-refractivity contribution in [2.45, 2.75) is 56.5 Å². The fourth-order valence-corrected chi connectivity index (χ4v) is 5.32. The molecule has 1 aliphatic heterocycles. The molecule has 7 nitrogen and oxygen atoms in total. The maximum Gasteiger partial charge on any atom is 0.573 e. The number of piperidine rings is 1. The first-order valence-electron chi connectivity index (χ1n) is 11.2. The lowest BCUT2D eigenvalue weighted by Crippen LogP contribution is -2.44. The van der Waals surface area contributed by atoms with Gasteiger partial charge in [0, 0.05) is 24.2 Å². The minimum Gasteiger partial charge on any atom is -0.444 e. The first-order chi connectivity index (χ1) is 16.6. The SMILES string of the molecule is CC(C)(C)OC(=O)N1CCC([C@@H](NS(=O)(=O)c2ccc(OC(F)(F)F)cc2)c2ccc(Cl)cc2)CC1. The van der Waals surface area contributed by atoms with Crippen LogP contribution in [0, 0.1) is 5.92 Å². The first kappa shape index (κ1) is 28.1. The number of hydrogen-bond acceptors (Lipinski definition) is 5. The molecule has 0 radical (unpaired) electrons. The minimum absolute atomic E-state index is 0.160. The third kappa shape index (κ3) is 8.01. The number of halogens is 4. The smallest absolute Gasteiger partial charge is 0.444 e. The second-order valence-electron chi connectivity index (χ2n) is 9.47. The molecule has 1 heterocycles. The predicted molar refractivity (Wildman–Crippen MR) is 128 cm³/mol. The summed E-state index contributed by atoms with van der Waals surface area (Å²) in [6.07, 6.45) is -4.29. The fourth-order valence-electron chi connectivity index (χ4n) is 3.90. The van der Waals surface area contributed by atoms with Crippen LogP contribution >= 0.6 is 11.6 Å². The zero-order valence-corrected chi connectivity index (χ0v) is 21.6. The largest absolute Gasteiger partial charge is 0.573 e. The highest BCUT2D eigenvalue weighted by molar-refractivity contribution is 7.89. The van der Waals surface area contributed by atoms with Crippen molar-refractivity contribution in [3.63, 3.8) is 0 Å². The van der Waals surface area contributed by atoms with Crippen molar-refractivity contribution in [3.05, 3.63) is 59.1 Å². The summed E-state index contributed by atoms with van der Waals surface area (Å²) < 4.78 is 75.6. The van der Waals surface area contributed by atoms with E-state index in [1.165, 1.54) is 0 Å². The van der Waals surface area contributed by atoms with E-state index in [1.807, 2.05) is 0 Å². The third-order valence-corrected chi connectivity index (χ3v) is 7.25. The summed E-state index contributed by atoms with van der Waals surface area (Å²) in [6.45, 7) is 6.12. The number of ether oxygens (including phenoxy) is 2. The summed E-state index contributed by atoms with van der Waals surface area (Å²) in [6, 6.07) is 10.1. The molecular formula is C24H28ClF3N2O5S. The van der Waals surface area contributed by atoms with Crippen molar-refractivity contribution in [2.24, 2.45) is 5.92 Å². The predicted octanol–water partition coefficient (Wildman–Crippen LogP) is 5.91. The van der Waals surface area contributed by atoms with Crippen LogP contribution in [-0.4, -0.2) is 44.5 Å². The lowest BCUT2D eigenvalue weighted by atomic mass is 9.86. The molecule has 36 heavy (non-hydrogen) atoms. The number of likely N-dealkylation sites (tertiary alicyclic amines) is 1. The quantitative estimate of drug-likeness (QED) is 0.485. The van der Waals surface area contributed by atoms with E-state index in [4.69, 9.17) is 16.3 Å². The molecule has 1 saturated heterocycles. The molecule has 0 bridgehead atoms. The van der Waals surface area contributed by atoms with Crippen LogP contribution in [0.4, 0.5) is 18.0 Å². The van der Waals surface area contributed by atoms with Gasteiger partial charge in [0.15, 0.2) is 0 Å². The minimum atomic E-state index is -4.88. The Morgan fingerprint density at radius 1 is 1.03 bits per heavy atom. The highest BCUT2D eigenvalue weighted by Crippen LogP contribution is 2.34. The number of nitrogens with one attached hydrogen (secondary N) is 1. The summed E-state index contributed by atoms with van der Waals surface area (Å²) >= 11 is 6.01. The number of sulfonamides is 1. The van der Waals surface area contributed by atoms with Crippen molar-refractivity contribution in [3.8, 4) is 5.75 Å². The van der Waals surface area contributed by atoms with E-state index in [9.17, 15) is 26.4 Å². The molecule has 1 N–H and O–H groups in total. The van der Waals surface area contributed by atoms with Crippen molar-refractivity contribution >= 4 is 27.7 Å². The van der Waals surface area contributed by atoms with E-state index in [1.54, 1.807) is 49.9 Å². The molecule has 0 saturated carbocycles. The molecule has 0 aromatic heterocycles. The highest BCUT2D eigenvalue weighted by Gasteiger charge is 2.34. The Morgan fingerprint density at radius 2 is 1.58 bits per heavy atom. The number of nitrogens with zero attached hydrogens (tertiary/aromatic N) is 1. The van der Waals surface area contributed by atoms with Crippen LogP contribution in [0.5, 0.6) is 5.75 Å². The Morgan fingerprint density at radius 3 is 2.08 bits per heavy atom. The highest BCUT2D eigenvalue weighted by atomic mass is 35.5. The van der Waals surface area contributed by atoms with E-state index >= 15 is 0 Å². The zero-order chi connectivity index (χ0) is 26.7. The van der Waals surface area contributed by atoms with Crippen molar-refractivity contribution in [2.75, 3.05) is 13.1 Å². The molecule has 1 aliphatic rings. The van der Waals surface area contributed by atoms with E-state index in [0.29, 0.717) is 36.5 Å². The van der Waals surface area contributed by atoms with Gasteiger partial charge in [0.1, 0.15) is 11.4 Å². The van der Waals surface area contributed by atoms with E-state index < -0.39 is 39.9 Å². The molecule has 0 aliphatic carbocycles. The van der Waals surface area contributed by atoms with Gasteiger partial charge in [-0.05, 0) is 81.5 Å². The number of benzene rings is 2. The van der Waals surface area contributed by atoms with Gasteiger partial charge in [0.05, 0.1) is 4.90 Å². The van der Waals surface area contributed by atoms with Gasteiger partial charge in [-0.15, -0.1) is 13.2 Å². The average Bonchev–Trinajstić information content (AvgIpc) is 2.76. The average molecular weight is 549 g/mol. The molecule has 0 spiro atoms. The molecule has 1 atom stereocenters. The summed E-state index contributed by atoms with van der Waals surface area (Å²) in [5.41, 5.74) is 0.0477. The Labute approximate surface area is 213 Å². The van der Waals surface area contributed by atoms with Gasteiger partial charge in [-0.25, -0.2) is 17.9 Å². The second-order valence-corrected chi connectivity index (χ2v) is 11.6. The molecular weight excluding hydrogens is 521 g/mol. The van der Waals surface area contributed by atoms with Crippen LogP contribution in [-0.2, 0) is 14.8 Å². The molecule has 198 valence electrons. The van der Waals surface area contributed by atoms with Gasteiger partial charge >= 0.3 is 12.5 Å². The van der Waals surface area contributed by atoms with Crippen molar-refractivity contribution in [1.29, 1.82) is 0 Å². The van der Waals surface area contributed by atoms with Gasteiger partial charge < -0.3 is 14.4 Å². The Balaban J connectivity index is 1.79. The topological polar surface area (TPSA) is 84.9 Å². The normalized spacial score (nSPS) is 16.5. The fraction of sp³-hybridized carbons (Fsp3) is 0.458. The third-order valence-electron chi connectivity index (χ3n) is 5.54. The standard InChI is InChI=1S/C24H28ClF3N2O5S/c1-23(2,3)35-22(31)30-14-12-17(13-15-30)21(16-4-6-18(25)7-5-16)29-36(32,33)20-10-8-19(9-11-20)34-24(26,27)28/h4-11,17,21,29H,12-15H2,1-3H3/t21-/m0/s1. The number of alkyl halides is 3. The zero-order valence-electron chi connectivity index (χ0n) is 20.0. The Hall–Kier alpha value is -2.50. The van der Waals surface area contributed by atoms with E-state index in [-0.39, 0.29) is 10.8 Å². The van der Waals surface area contributed by atoms with Gasteiger partial charge in [0.2, 0.25) is 10.0 Å². The van der Waals surface area contributed by atoms with Crippen LogP contribution in [0.2, 0.25) is 5.02 Å². The van der Waals surface area contributed by atoms with Crippen LogP contribution in [0.25, 0.3) is 0 Å². The van der Waals surface area contributed by atoms with Gasteiger partial charge in [-0.3, -0.25) is 0 Å². The lowest BCUT2D eigenvalue weighted by molar-refractivity contribution is -0.274. The summed E-state index contributed by atoms with van der Waals surface area (Å²) in [5, 5.41) is 0.486. The molecule has 2 aromatic rings. The number of carbonyl (C=O) groups is 1. The number of carbonyl (C=O) groups excluding carboxylic acids is 1. The summed E-state index contributed by atoms with van der Waals surface area (Å²) in [4.78, 5) is 13.8. The van der Waals surface area contributed by atoms with E-state index in [2.05, 4.69) is 9.46 Å².